The summed E-state index contributed by atoms with van der Waals surface area (Å²) in [6, 6.07) is 9.95. The minimum atomic E-state index is -0.0968. The molecule has 0 radical (unpaired) electrons. The highest BCUT2D eigenvalue weighted by Crippen LogP contribution is 2.27. The van der Waals surface area contributed by atoms with Crippen molar-refractivity contribution < 1.29 is 9.59 Å². The van der Waals surface area contributed by atoms with Crippen LogP contribution in [-0.2, 0) is 16.1 Å². The first-order chi connectivity index (χ1) is 14.6. The van der Waals surface area contributed by atoms with Crippen LogP contribution in [0.4, 0.5) is 0 Å². The van der Waals surface area contributed by atoms with E-state index in [9.17, 15) is 9.59 Å². The molecule has 6 nitrogen and oxygen atoms in total. The average molecular weight is 409 g/mol. The first kappa shape index (κ1) is 20.6. The highest BCUT2D eigenvalue weighted by Gasteiger charge is 2.33. The third-order valence-electron chi connectivity index (χ3n) is 6.51. The molecular formula is C24H32N4O2. The van der Waals surface area contributed by atoms with Crippen molar-refractivity contribution >= 4 is 11.8 Å². The molecule has 0 bridgehead atoms. The van der Waals surface area contributed by atoms with Crippen LogP contribution < -0.4 is 0 Å². The maximum Gasteiger partial charge on any atom is 0.227 e. The van der Waals surface area contributed by atoms with Gasteiger partial charge in [-0.3, -0.25) is 9.59 Å². The summed E-state index contributed by atoms with van der Waals surface area (Å²) in [4.78, 5) is 29.3. The molecule has 1 atom stereocenters. The molecule has 1 saturated carbocycles. The lowest BCUT2D eigenvalue weighted by Gasteiger charge is -2.36. The van der Waals surface area contributed by atoms with Crippen molar-refractivity contribution in [2.24, 2.45) is 11.8 Å². The zero-order valence-electron chi connectivity index (χ0n) is 17.9. The van der Waals surface area contributed by atoms with Crippen LogP contribution in [0.3, 0.4) is 0 Å². The minimum absolute atomic E-state index is 0.0968. The first-order valence-electron chi connectivity index (χ1n) is 11.2. The lowest BCUT2D eigenvalue weighted by molar-refractivity contribution is -0.143. The van der Waals surface area contributed by atoms with Gasteiger partial charge in [0.1, 0.15) is 0 Å². The number of aromatic nitrogens is 2. The SMILES string of the molecule is CN(Cc1cnn(-c2ccccc2)c1)C(=O)[C@H]1CCC(=O)N(CC2CCCCC2)C1. The van der Waals surface area contributed by atoms with E-state index >= 15 is 0 Å². The normalized spacial score (nSPS) is 20.4. The number of carbonyl (C=O) groups excluding carboxylic acids is 2. The van der Waals surface area contributed by atoms with Crippen LogP contribution in [0.5, 0.6) is 0 Å². The lowest BCUT2D eigenvalue weighted by atomic mass is 9.87. The number of piperidine rings is 1. The molecule has 1 saturated heterocycles. The summed E-state index contributed by atoms with van der Waals surface area (Å²) in [5.41, 5.74) is 2.00. The zero-order valence-corrected chi connectivity index (χ0v) is 17.9. The summed E-state index contributed by atoms with van der Waals surface area (Å²) in [7, 11) is 1.85. The number of rotatable bonds is 6. The summed E-state index contributed by atoms with van der Waals surface area (Å²) in [5.74, 6) is 0.860. The van der Waals surface area contributed by atoms with Gasteiger partial charge in [-0.25, -0.2) is 4.68 Å². The minimum Gasteiger partial charge on any atom is -0.342 e. The van der Waals surface area contributed by atoms with Gasteiger partial charge in [-0.15, -0.1) is 0 Å². The van der Waals surface area contributed by atoms with Crippen LogP contribution in [-0.4, -0.2) is 51.5 Å². The highest BCUT2D eigenvalue weighted by molar-refractivity contribution is 5.83. The van der Waals surface area contributed by atoms with Gasteiger partial charge in [-0.05, 0) is 37.3 Å². The number of hydrogen-bond acceptors (Lipinski definition) is 3. The van der Waals surface area contributed by atoms with Crippen molar-refractivity contribution in [1.29, 1.82) is 0 Å². The predicted molar refractivity (Wildman–Crippen MR) is 116 cm³/mol. The number of hydrogen-bond donors (Lipinski definition) is 0. The van der Waals surface area contributed by atoms with Crippen molar-refractivity contribution in [1.82, 2.24) is 19.6 Å². The molecule has 0 spiro atoms. The van der Waals surface area contributed by atoms with E-state index in [0.29, 0.717) is 31.8 Å². The molecule has 1 aliphatic heterocycles. The Morgan fingerprint density at radius 2 is 1.90 bits per heavy atom. The summed E-state index contributed by atoms with van der Waals surface area (Å²) >= 11 is 0. The van der Waals surface area contributed by atoms with Gasteiger partial charge in [-0.2, -0.15) is 5.10 Å². The standard InChI is InChI=1S/C24H32N4O2/c1-26(15-20-14-25-28(17-20)22-10-6-3-7-11-22)24(30)21-12-13-23(29)27(18-21)16-19-8-4-2-5-9-19/h3,6-7,10-11,14,17,19,21H,2,4-5,8-9,12-13,15-16,18H2,1H3/t21-/m0/s1. The van der Waals surface area contributed by atoms with E-state index in [1.807, 2.05) is 59.4 Å². The Morgan fingerprint density at radius 3 is 2.67 bits per heavy atom. The van der Waals surface area contributed by atoms with Gasteiger partial charge in [0.2, 0.25) is 11.8 Å². The second kappa shape index (κ2) is 9.45. The number of benzene rings is 1. The van der Waals surface area contributed by atoms with Gasteiger partial charge in [0, 0.05) is 44.9 Å². The number of likely N-dealkylation sites (tertiary alicyclic amines) is 1. The Morgan fingerprint density at radius 1 is 1.13 bits per heavy atom. The zero-order chi connectivity index (χ0) is 20.9. The molecule has 1 aromatic heterocycles. The monoisotopic (exact) mass is 408 g/mol. The van der Waals surface area contributed by atoms with Crippen molar-refractivity contribution in [2.45, 2.75) is 51.5 Å². The molecule has 6 heteroatoms. The summed E-state index contributed by atoms with van der Waals surface area (Å²) in [6.07, 6.45) is 11.2. The van der Waals surface area contributed by atoms with Crippen LogP contribution in [0.2, 0.25) is 0 Å². The molecule has 2 amide bonds. The van der Waals surface area contributed by atoms with E-state index in [0.717, 1.165) is 17.8 Å². The van der Waals surface area contributed by atoms with Crippen LogP contribution in [0, 0.1) is 11.8 Å². The van der Waals surface area contributed by atoms with E-state index in [1.165, 1.54) is 32.1 Å². The Hall–Kier alpha value is -2.63. The predicted octanol–water partition coefficient (Wildman–Crippen LogP) is 3.65. The summed E-state index contributed by atoms with van der Waals surface area (Å²) < 4.78 is 1.83. The Balaban J connectivity index is 1.34. The largest absolute Gasteiger partial charge is 0.342 e. The van der Waals surface area contributed by atoms with Gasteiger partial charge >= 0.3 is 0 Å². The molecule has 0 N–H and O–H groups in total. The van der Waals surface area contributed by atoms with E-state index in [-0.39, 0.29) is 17.7 Å². The maximum atomic E-state index is 13.1. The fourth-order valence-electron chi connectivity index (χ4n) is 4.80. The molecule has 2 heterocycles. The van der Waals surface area contributed by atoms with E-state index in [2.05, 4.69) is 5.10 Å². The maximum absolute atomic E-state index is 13.1. The van der Waals surface area contributed by atoms with Crippen molar-refractivity contribution in [3.8, 4) is 5.69 Å². The van der Waals surface area contributed by atoms with E-state index < -0.39 is 0 Å². The molecule has 2 aliphatic rings. The molecular weight excluding hydrogens is 376 g/mol. The first-order valence-corrected chi connectivity index (χ1v) is 11.2. The van der Waals surface area contributed by atoms with E-state index in [1.54, 1.807) is 4.90 Å². The molecule has 2 aromatic rings. The molecule has 4 rings (SSSR count). The summed E-state index contributed by atoms with van der Waals surface area (Å²) in [5, 5.41) is 4.42. The van der Waals surface area contributed by atoms with Crippen LogP contribution >= 0.6 is 0 Å². The average Bonchev–Trinajstić information content (AvgIpc) is 3.24. The van der Waals surface area contributed by atoms with Crippen LogP contribution in [0.1, 0.15) is 50.5 Å². The van der Waals surface area contributed by atoms with Crippen molar-refractivity contribution in [3.63, 3.8) is 0 Å². The topological polar surface area (TPSA) is 58.4 Å². The fraction of sp³-hybridized carbons (Fsp3) is 0.542. The lowest BCUT2D eigenvalue weighted by Crippen LogP contribution is -2.47. The molecule has 0 unspecified atom stereocenters. The van der Waals surface area contributed by atoms with E-state index in [4.69, 9.17) is 0 Å². The Kier molecular flexibility index (Phi) is 6.50. The Bertz CT molecular complexity index is 857. The highest BCUT2D eigenvalue weighted by atomic mass is 16.2. The number of nitrogens with zero attached hydrogens (tertiary/aromatic N) is 4. The fourth-order valence-corrected chi connectivity index (χ4v) is 4.80. The van der Waals surface area contributed by atoms with Crippen LogP contribution in [0.15, 0.2) is 42.7 Å². The van der Waals surface area contributed by atoms with Gasteiger partial charge in [0.15, 0.2) is 0 Å². The summed E-state index contributed by atoms with van der Waals surface area (Å²) in [6.45, 7) is 1.93. The second-order valence-corrected chi connectivity index (χ2v) is 8.86. The van der Waals surface area contributed by atoms with Crippen molar-refractivity contribution in [2.75, 3.05) is 20.1 Å². The third-order valence-corrected chi connectivity index (χ3v) is 6.51. The number of amides is 2. The third kappa shape index (κ3) is 4.91. The molecule has 30 heavy (non-hydrogen) atoms. The van der Waals surface area contributed by atoms with Gasteiger partial charge in [0.25, 0.3) is 0 Å². The Labute approximate surface area is 178 Å². The number of para-hydroxylation sites is 1. The molecule has 160 valence electrons. The van der Waals surface area contributed by atoms with Gasteiger partial charge in [-0.1, -0.05) is 37.5 Å². The van der Waals surface area contributed by atoms with Gasteiger partial charge in [0.05, 0.1) is 17.8 Å². The van der Waals surface area contributed by atoms with Gasteiger partial charge < -0.3 is 9.80 Å². The smallest absolute Gasteiger partial charge is 0.227 e. The molecule has 2 fully saturated rings. The molecule has 1 aliphatic carbocycles. The van der Waals surface area contributed by atoms with Crippen molar-refractivity contribution in [3.05, 3.63) is 48.3 Å². The van der Waals surface area contributed by atoms with Crippen LogP contribution in [0.25, 0.3) is 5.69 Å². The molecule has 1 aromatic carbocycles. The quantitative estimate of drug-likeness (QED) is 0.733. The number of carbonyl (C=O) groups is 2. The second-order valence-electron chi connectivity index (χ2n) is 8.86.